The van der Waals surface area contributed by atoms with E-state index >= 15 is 0 Å². The van der Waals surface area contributed by atoms with Crippen LogP contribution >= 0.6 is 12.6 Å². The lowest BCUT2D eigenvalue weighted by atomic mass is 9.60. The van der Waals surface area contributed by atoms with Gasteiger partial charge in [-0.2, -0.15) is 12.6 Å². The summed E-state index contributed by atoms with van der Waals surface area (Å²) in [6.07, 6.45) is 12.4. The van der Waals surface area contributed by atoms with Crippen molar-refractivity contribution in [1.82, 2.24) is 15.5 Å². The lowest BCUT2D eigenvalue weighted by Gasteiger charge is -2.49. The fraction of sp³-hybridized carbons (Fsp3) is 0.946. The minimum Gasteiger partial charge on any atom is -0.337 e. The topological polar surface area (TPSA) is 61.4 Å². The van der Waals surface area contributed by atoms with E-state index in [0.717, 1.165) is 50.7 Å². The van der Waals surface area contributed by atoms with Gasteiger partial charge in [-0.25, -0.2) is 14.5 Å². The highest BCUT2D eigenvalue weighted by atomic mass is 32.1. The SMILES string of the molecule is CCC1CC(C)(C)CC(C)(CNC(=O)N(CC2(C)CC(CS)CC(C)(C)C2)C(=O)NCC2(C)CC(CC)CC(C)(C)C2)C1. The van der Waals surface area contributed by atoms with Crippen molar-refractivity contribution in [3.63, 3.8) is 0 Å². The van der Waals surface area contributed by atoms with Crippen LogP contribution in [0.5, 0.6) is 0 Å². The van der Waals surface area contributed by atoms with Gasteiger partial charge in [0, 0.05) is 19.6 Å². The molecular formula is C37H69N3O2S. The number of hydrogen-bond acceptors (Lipinski definition) is 3. The van der Waals surface area contributed by atoms with Gasteiger partial charge < -0.3 is 10.6 Å². The van der Waals surface area contributed by atoms with Gasteiger partial charge in [-0.3, -0.25) is 0 Å². The Morgan fingerprint density at radius 2 is 0.953 bits per heavy atom. The van der Waals surface area contributed by atoms with Crippen molar-refractivity contribution in [2.24, 2.45) is 50.2 Å². The lowest BCUT2D eigenvalue weighted by molar-refractivity contribution is 0.0384. The third kappa shape index (κ3) is 10.3. The number of hydrogen-bond donors (Lipinski definition) is 3. The van der Waals surface area contributed by atoms with Crippen LogP contribution in [-0.2, 0) is 0 Å². The van der Waals surface area contributed by atoms with E-state index in [1.807, 2.05) is 0 Å². The number of carbonyl (C=O) groups is 2. The highest BCUT2D eigenvalue weighted by Crippen LogP contribution is 2.51. The quantitative estimate of drug-likeness (QED) is 0.225. The van der Waals surface area contributed by atoms with Gasteiger partial charge in [-0.15, -0.1) is 0 Å². The highest BCUT2D eigenvalue weighted by Gasteiger charge is 2.46. The third-order valence-electron chi connectivity index (χ3n) is 11.4. The number of urea groups is 2. The van der Waals surface area contributed by atoms with Gasteiger partial charge >= 0.3 is 12.1 Å². The van der Waals surface area contributed by atoms with Gasteiger partial charge in [-0.1, -0.05) is 89.0 Å². The highest BCUT2D eigenvalue weighted by molar-refractivity contribution is 7.80. The van der Waals surface area contributed by atoms with E-state index in [9.17, 15) is 9.59 Å². The average Bonchev–Trinajstić information content (AvgIpc) is 2.85. The number of thiol groups is 1. The summed E-state index contributed by atoms with van der Waals surface area (Å²) in [6, 6.07) is -0.467. The van der Waals surface area contributed by atoms with E-state index in [1.54, 1.807) is 4.90 Å². The summed E-state index contributed by atoms with van der Waals surface area (Å²) in [4.78, 5) is 29.7. The van der Waals surface area contributed by atoms with E-state index < -0.39 is 0 Å². The molecule has 43 heavy (non-hydrogen) atoms. The first-order valence-electron chi connectivity index (χ1n) is 17.6. The lowest BCUT2D eigenvalue weighted by Crippen LogP contribution is -2.56. The van der Waals surface area contributed by atoms with E-state index in [-0.39, 0.29) is 44.6 Å². The van der Waals surface area contributed by atoms with Crippen LogP contribution < -0.4 is 10.6 Å². The van der Waals surface area contributed by atoms with Gasteiger partial charge in [0.2, 0.25) is 0 Å². The zero-order chi connectivity index (χ0) is 32.5. The first-order chi connectivity index (χ1) is 19.6. The first kappa shape index (κ1) is 36.6. The normalized spacial score (nSPS) is 36.9. The molecule has 0 radical (unpaired) electrons. The third-order valence-corrected chi connectivity index (χ3v) is 11.9. The number of nitrogens with zero attached hydrogens (tertiary/aromatic N) is 1. The summed E-state index contributed by atoms with van der Waals surface area (Å²) < 4.78 is 0. The van der Waals surface area contributed by atoms with Crippen LogP contribution in [0.15, 0.2) is 0 Å². The van der Waals surface area contributed by atoms with Crippen LogP contribution in [0.3, 0.4) is 0 Å². The molecule has 3 aliphatic carbocycles. The molecule has 0 aliphatic heterocycles. The molecule has 4 amide bonds. The minimum atomic E-state index is -0.234. The monoisotopic (exact) mass is 620 g/mol. The van der Waals surface area contributed by atoms with Crippen LogP contribution in [0.25, 0.3) is 0 Å². The molecule has 3 rings (SSSR count). The number of amides is 4. The molecule has 2 N–H and O–H groups in total. The van der Waals surface area contributed by atoms with Crippen molar-refractivity contribution >= 4 is 24.7 Å². The molecule has 6 heteroatoms. The van der Waals surface area contributed by atoms with Crippen LogP contribution in [0.2, 0.25) is 0 Å². The van der Waals surface area contributed by atoms with E-state index in [0.29, 0.717) is 37.4 Å². The van der Waals surface area contributed by atoms with E-state index in [2.05, 4.69) is 99.4 Å². The molecule has 5 nitrogen and oxygen atoms in total. The van der Waals surface area contributed by atoms with Crippen LogP contribution in [0.1, 0.15) is 147 Å². The van der Waals surface area contributed by atoms with Crippen LogP contribution in [-0.4, -0.2) is 42.3 Å². The second-order valence-electron chi connectivity index (χ2n) is 19.2. The summed E-state index contributed by atoms with van der Waals surface area (Å²) >= 11 is 4.68. The minimum absolute atomic E-state index is 0.0322. The molecule has 3 fully saturated rings. The molecular weight excluding hydrogens is 550 g/mol. The molecule has 3 aliphatic rings. The molecule has 0 aromatic carbocycles. The molecule has 3 saturated carbocycles. The van der Waals surface area contributed by atoms with Crippen molar-refractivity contribution in [3.8, 4) is 0 Å². The number of imide groups is 1. The summed E-state index contributed by atoms with van der Waals surface area (Å²) in [7, 11) is 0. The van der Waals surface area contributed by atoms with Crippen molar-refractivity contribution in [2.75, 3.05) is 25.4 Å². The maximum absolute atomic E-state index is 14.1. The van der Waals surface area contributed by atoms with E-state index in [1.165, 1.54) is 25.7 Å². The summed E-state index contributed by atoms with van der Waals surface area (Å²) in [5.41, 5.74) is 0.606. The summed E-state index contributed by atoms with van der Waals surface area (Å²) in [6.45, 7) is 27.3. The molecule has 250 valence electrons. The molecule has 0 spiro atoms. The molecule has 0 aromatic heterocycles. The van der Waals surface area contributed by atoms with Gasteiger partial charge in [0.05, 0.1) is 0 Å². The van der Waals surface area contributed by atoms with Gasteiger partial charge in [0.15, 0.2) is 0 Å². The van der Waals surface area contributed by atoms with Crippen LogP contribution in [0.4, 0.5) is 9.59 Å². The average molecular weight is 620 g/mol. The number of carbonyl (C=O) groups excluding carboxylic acids is 2. The zero-order valence-electron chi connectivity index (χ0n) is 30.0. The molecule has 0 heterocycles. The zero-order valence-corrected chi connectivity index (χ0v) is 30.9. The van der Waals surface area contributed by atoms with Crippen molar-refractivity contribution < 1.29 is 9.59 Å². The fourth-order valence-corrected chi connectivity index (χ4v) is 11.3. The maximum Gasteiger partial charge on any atom is 0.325 e. The number of nitrogens with one attached hydrogen (secondary N) is 2. The Kier molecular flexibility index (Phi) is 11.4. The Labute approximate surface area is 271 Å². The van der Waals surface area contributed by atoms with Gasteiger partial charge in [0.1, 0.15) is 0 Å². The molecule has 0 saturated heterocycles. The van der Waals surface area contributed by atoms with E-state index in [4.69, 9.17) is 0 Å². The Bertz CT molecular complexity index is 923. The Hall–Kier alpha value is -0.910. The van der Waals surface area contributed by atoms with Crippen LogP contribution in [0, 0.1) is 50.2 Å². The largest absolute Gasteiger partial charge is 0.337 e. The summed E-state index contributed by atoms with van der Waals surface area (Å²) in [5, 5.41) is 6.59. The Balaban J connectivity index is 1.80. The molecule has 6 atom stereocenters. The Morgan fingerprint density at radius 1 is 0.605 bits per heavy atom. The molecule has 0 aromatic rings. The second-order valence-corrected chi connectivity index (χ2v) is 19.5. The Morgan fingerprint density at radius 3 is 1.33 bits per heavy atom. The smallest absolute Gasteiger partial charge is 0.325 e. The predicted molar refractivity (Wildman–Crippen MR) is 186 cm³/mol. The molecule has 6 unspecified atom stereocenters. The van der Waals surface area contributed by atoms with Crippen molar-refractivity contribution in [1.29, 1.82) is 0 Å². The summed E-state index contributed by atoms with van der Waals surface area (Å²) in [5.74, 6) is 2.70. The van der Waals surface area contributed by atoms with Crippen molar-refractivity contribution in [3.05, 3.63) is 0 Å². The standard InChI is InChI=1S/C37H69N3O2S/c1-12-27-14-32(3,4)21-35(9,17-27)24-38-30(41)40(26-37(11)19-29(20-43)16-34(7,8)23-37)31(42)39-25-36(10)18-28(13-2)15-33(5,6)22-36/h27-29,43H,12-26H2,1-11H3,(H,38,41)(H,39,42). The van der Waals surface area contributed by atoms with Gasteiger partial charge in [0.25, 0.3) is 0 Å². The number of rotatable bonds is 9. The first-order valence-corrected chi connectivity index (χ1v) is 18.2. The van der Waals surface area contributed by atoms with Gasteiger partial charge in [-0.05, 0) is 114 Å². The fourth-order valence-electron chi connectivity index (χ4n) is 11.0. The predicted octanol–water partition coefficient (Wildman–Crippen LogP) is 9.96. The van der Waals surface area contributed by atoms with Crippen molar-refractivity contribution in [2.45, 2.75) is 147 Å². The molecule has 0 bridgehead atoms. The maximum atomic E-state index is 14.1. The second kappa shape index (κ2) is 13.4.